The molecule has 2 aromatic carbocycles. The molecule has 13 nitrogen and oxygen atoms in total. The molecule has 0 spiro atoms. The molecule has 0 aliphatic heterocycles. The van der Waals surface area contributed by atoms with Crippen LogP contribution in [0.4, 0.5) is 27.9 Å². The number of rotatable bonds is 13. The Morgan fingerprint density at radius 1 is 1.03 bits per heavy atom. The van der Waals surface area contributed by atoms with E-state index in [9.17, 15) is 13.2 Å². The molecule has 3 aromatic rings. The highest BCUT2D eigenvalue weighted by molar-refractivity contribution is 7.88. The number of nitrogens with zero attached hydrogens (tertiary/aromatic N) is 2. The molecule has 0 aliphatic rings. The molecule has 204 valence electrons. The van der Waals surface area contributed by atoms with Crippen molar-refractivity contribution in [1.82, 2.24) is 20.0 Å². The Balaban J connectivity index is 1.80. The van der Waals surface area contributed by atoms with Crippen molar-refractivity contribution in [3.05, 3.63) is 53.2 Å². The lowest BCUT2D eigenvalue weighted by atomic mass is 10.2. The SMILES string of the molecule is COc1cc(Nc2ncc(Cl)c(Nc3ccccc3CS(=O)(=O)NCCNC(=O)O)n2)cc(OC)c1OC. The molecular formula is C23H27ClN6O7S. The molecule has 0 fully saturated rings. The number of carbonyl (C=O) groups is 1. The van der Waals surface area contributed by atoms with Crippen LogP contribution in [-0.4, -0.2) is 64.0 Å². The first-order chi connectivity index (χ1) is 18.2. The van der Waals surface area contributed by atoms with E-state index in [1.165, 1.54) is 27.5 Å². The van der Waals surface area contributed by atoms with Gasteiger partial charge in [-0.1, -0.05) is 29.8 Å². The van der Waals surface area contributed by atoms with Crippen molar-refractivity contribution in [1.29, 1.82) is 0 Å². The second kappa shape index (κ2) is 13.0. The van der Waals surface area contributed by atoms with Gasteiger partial charge in [0.05, 0.1) is 33.3 Å². The van der Waals surface area contributed by atoms with Crippen LogP contribution in [0.5, 0.6) is 17.2 Å². The quantitative estimate of drug-likeness (QED) is 0.192. The summed E-state index contributed by atoms with van der Waals surface area (Å²) < 4.78 is 43.5. The van der Waals surface area contributed by atoms with Crippen molar-refractivity contribution < 1.29 is 32.5 Å². The highest BCUT2D eigenvalue weighted by Crippen LogP contribution is 2.40. The zero-order valence-corrected chi connectivity index (χ0v) is 22.3. The standard InChI is InChI=1S/C23H27ClN6O7S/c1-35-18-10-15(11-19(36-2)20(18)37-3)28-22-26-12-16(24)21(30-22)29-17-7-5-4-6-14(17)13-38(33,34)27-9-8-25-23(31)32/h4-7,10-12,25,27H,8-9,13H2,1-3H3,(H,31,32)(H2,26,28,29,30). The van der Waals surface area contributed by atoms with Gasteiger partial charge in [0.25, 0.3) is 0 Å². The van der Waals surface area contributed by atoms with Crippen LogP contribution in [0.1, 0.15) is 5.56 Å². The zero-order chi connectivity index (χ0) is 27.7. The van der Waals surface area contributed by atoms with E-state index in [2.05, 4.69) is 30.6 Å². The van der Waals surface area contributed by atoms with E-state index >= 15 is 0 Å². The van der Waals surface area contributed by atoms with Crippen LogP contribution in [0.3, 0.4) is 0 Å². The summed E-state index contributed by atoms with van der Waals surface area (Å²) in [5.74, 6) is 1.37. The van der Waals surface area contributed by atoms with Crippen molar-refractivity contribution >= 4 is 50.9 Å². The normalized spacial score (nSPS) is 10.9. The van der Waals surface area contributed by atoms with Crippen LogP contribution in [-0.2, 0) is 15.8 Å². The second-order valence-electron chi connectivity index (χ2n) is 7.60. The first kappa shape index (κ1) is 28.6. The Morgan fingerprint density at radius 2 is 1.71 bits per heavy atom. The van der Waals surface area contributed by atoms with Gasteiger partial charge in [0.2, 0.25) is 21.7 Å². The van der Waals surface area contributed by atoms with E-state index in [4.69, 9.17) is 30.9 Å². The molecule has 3 rings (SSSR count). The van der Waals surface area contributed by atoms with Crippen molar-refractivity contribution in [2.45, 2.75) is 5.75 Å². The van der Waals surface area contributed by atoms with Crippen LogP contribution in [0, 0.1) is 0 Å². The lowest BCUT2D eigenvalue weighted by Gasteiger charge is -2.16. The number of halogens is 1. The summed E-state index contributed by atoms with van der Waals surface area (Å²) in [5, 5.41) is 17.0. The van der Waals surface area contributed by atoms with Gasteiger partial charge in [-0.15, -0.1) is 0 Å². The number of para-hydroxylation sites is 1. The Hall–Kier alpha value is -4.01. The number of sulfonamides is 1. The number of nitrogens with one attached hydrogen (secondary N) is 4. The predicted molar refractivity (Wildman–Crippen MR) is 143 cm³/mol. The summed E-state index contributed by atoms with van der Waals surface area (Å²) in [6.45, 7) is -0.148. The van der Waals surface area contributed by atoms with Crippen LogP contribution in [0.15, 0.2) is 42.6 Å². The molecule has 0 bridgehead atoms. The van der Waals surface area contributed by atoms with Gasteiger partial charge in [0.1, 0.15) is 5.02 Å². The lowest BCUT2D eigenvalue weighted by Crippen LogP contribution is -2.34. The minimum absolute atomic E-state index is 0.0628. The zero-order valence-electron chi connectivity index (χ0n) is 20.7. The van der Waals surface area contributed by atoms with E-state index in [0.717, 1.165) is 0 Å². The fourth-order valence-corrected chi connectivity index (χ4v) is 4.64. The summed E-state index contributed by atoms with van der Waals surface area (Å²) in [4.78, 5) is 19.2. The predicted octanol–water partition coefficient (Wildman–Crippen LogP) is 3.33. The molecule has 38 heavy (non-hydrogen) atoms. The fraction of sp³-hybridized carbons (Fsp3) is 0.261. The highest BCUT2D eigenvalue weighted by Gasteiger charge is 2.17. The lowest BCUT2D eigenvalue weighted by molar-refractivity contribution is 0.194. The van der Waals surface area contributed by atoms with Gasteiger partial charge in [0, 0.05) is 36.6 Å². The monoisotopic (exact) mass is 566 g/mol. The molecule has 0 aliphatic carbocycles. The van der Waals surface area contributed by atoms with E-state index < -0.39 is 16.1 Å². The first-order valence-electron chi connectivity index (χ1n) is 11.0. The number of hydrogen-bond acceptors (Lipinski definition) is 10. The van der Waals surface area contributed by atoms with Gasteiger partial charge in [0.15, 0.2) is 17.3 Å². The fourth-order valence-electron chi connectivity index (χ4n) is 3.32. The molecule has 0 saturated carbocycles. The van der Waals surface area contributed by atoms with E-state index in [1.54, 1.807) is 36.4 Å². The molecule has 0 atom stereocenters. The maximum Gasteiger partial charge on any atom is 0.404 e. The largest absolute Gasteiger partial charge is 0.493 e. The van der Waals surface area contributed by atoms with Gasteiger partial charge in [-0.2, -0.15) is 4.98 Å². The third-order valence-electron chi connectivity index (χ3n) is 5.00. The van der Waals surface area contributed by atoms with E-state index in [1.807, 2.05) is 0 Å². The molecule has 1 amide bonds. The number of methoxy groups -OCH3 is 3. The number of aromatic nitrogens is 2. The third-order valence-corrected chi connectivity index (χ3v) is 6.62. The number of benzene rings is 2. The van der Waals surface area contributed by atoms with E-state index in [-0.39, 0.29) is 35.6 Å². The minimum Gasteiger partial charge on any atom is -0.493 e. The Morgan fingerprint density at radius 3 is 2.34 bits per heavy atom. The average Bonchev–Trinajstić information content (AvgIpc) is 2.88. The number of anilines is 4. The smallest absolute Gasteiger partial charge is 0.404 e. The summed E-state index contributed by atoms with van der Waals surface area (Å²) in [6, 6.07) is 10.1. The van der Waals surface area contributed by atoms with Crippen LogP contribution < -0.4 is 34.9 Å². The van der Waals surface area contributed by atoms with E-state index in [0.29, 0.717) is 34.2 Å². The maximum atomic E-state index is 12.5. The number of ether oxygens (including phenoxy) is 3. The average molecular weight is 567 g/mol. The number of amides is 1. The van der Waals surface area contributed by atoms with Crippen molar-refractivity contribution in [2.24, 2.45) is 0 Å². The summed E-state index contributed by atoms with van der Waals surface area (Å²) in [5.41, 5.74) is 1.46. The van der Waals surface area contributed by atoms with Crippen molar-refractivity contribution in [3.63, 3.8) is 0 Å². The van der Waals surface area contributed by atoms with Crippen molar-refractivity contribution in [3.8, 4) is 17.2 Å². The Kier molecular flexibility index (Phi) is 9.76. The molecular weight excluding hydrogens is 540 g/mol. The Labute approximate surface area is 224 Å². The molecule has 0 saturated heterocycles. The van der Waals surface area contributed by atoms with Gasteiger partial charge < -0.3 is 35.3 Å². The van der Waals surface area contributed by atoms with Gasteiger partial charge in [-0.3, -0.25) is 0 Å². The maximum absolute atomic E-state index is 12.5. The summed E-state index contributed by atoms with van der Waals surface area (Å²) in [7, 11) is 0.747. The van der Waals surface area contributed by atoms with Gasteiger partial charge in [-0.05, 0) is 11.6 Å². The molecule has 5 N–H and O–H groups in total. The molecule has 15 heteroatoms. The second-order valence-corrected chi connectivity index (χ2v) is 9.81. The first-order valence-corrected chi connectivity index (χ1v) is 13.1. The number of carboxylic acid groups (broad SMARTS) is 1. The third kappa shape index (κ3) is 7.74. The minimum atomic E-state index is -3.76. The molecule has 1 aromatic heterocycles. The highest BCUT2D eigenvalue weighted by atomic mass is 35.5. The van der Waals surface area contributed by atoms with Crippen molar-refractivity contribution in [2.75, 3.05) is 45.1 Å². The Bertz CT molecular complexity index is 1370. The topological polar surface area (TPSA) is 173 Å². The molecule has 1 heterocycles. The van der Waals surface area contributed by atoms with Gasteiger partial charge >= 0.3 is 6.09 Å². The molecule has 0 unspecified atom stereocenters. The number of hydrogen-bond donors (Lipinski definition) is 5. The van der Waals surface area contributed by atoms with Gasteiger partial charge in [-0.25, -0.2) is 22.9 Å². The summed E-state index contributed by atoms with van der Waals surface area (Å²) >= 11 is 6.32. The summed E-state index contributed by atoms with van der Waals surface area (Å²) in [6.07, 6.45) is 0.160. The van der Waals surface area contributed by atoms with Crippen LogP contribution in [0.2, 0.25) is 5.02 Å². The van der Waals surface area contributed by atoms with Crippen LogP contribution >= 0.6 is 11.6 Å². The molecule has 0 radical (unpaired) electrons. The van der Waals surface area contributed by atoms with Crippen LogP contribution in [0.25, 0.3) is 0 Å².